The van der Waals surface area contributed by atoms with Gasteiger partial charge in [-0.15, -0.1) is 0 Å². The summed E-state index contributed by atoms with van der Waals surface area (Å²) >= 11 is 0. The van der Waals surface area contributed by atoms with Gasteiger partial charge in [0.25, 0.3) is 0 Å². The molecule has 0 spiro atoms. The SMILES string of the molecule is COc1ccc(N2CCN(CC(=O)Nc3cc(OC)c(OC)c(OC)c3)C2=O)cc1. The van der Waals surface area contributed by atoms with Crippen molar-refractivity contribution >= 4 is 23.3 Å². The van der Waals surface area contributed by atoms with Crippen LogP contribution < -0.4 is 29.2 Å². The Kier molecular flexibility index (Phi) is 6.51. The minimum Gasteiger partial charge on any atom is -0.497 e. The van der Waals surface area contributed by atoms with Gasteiger partial charge in [-0.25, -0.2) is 4.79 Å². The number of carbonyl (C=O) groups excluding carboxylic acids is 2. The zero-order valence-electron chi connectivity index (χ0n) is 17.4. The molecule has 0 bridgehead atoms. The van der Waals surface area contributed by atoms with Crippen LogP contribution in [-0.4, -0.2) is 64.9 Å². The van der Waals surface area contributed by atoms with E-state index in [9.17, 15) is 9.59 Å². The number of urea groups is 1. The first-order valence-corrected chi connectivity index (χ1v) is 9.31. The smallest absolute Gasteiger partial charge is 0.325 e. The van der Waals surface area contributed by atoms with Crippen molar-refractivity contribution in [3.63, 3.8) is 0 Å². The largest absolute Gasteiger partial charge is 0.497 e. The van der Waals surface area contributed by atoms with Crippen molar-refractivity contribution in [1.29, 1.82) is 0 Å². The summed E-state index contributed by atoms with van der Waals surface area (Å²) in [6.45, 7) is 0.887. The van der Waals surface area contributed by atoms with Gasteiger partial charge in [-0.1, -0.05) is 0 Å². The molecule has 0 aliphatic carbocycles. The molecule has 1 aliphatic rings. The van der Waals surface area contributed by atoms with E-state index >= 15 is 0 Å². The quantitative estimate of drug-likeness (QED) is 0.713. The molecule has 1 heterocycles. The molecule has 2 aromatic carbocycles. The van der Waals surface area contributed by atoms with Gasteiger partial charge in [-0.2, -0.15) is 0 Å². The normalized spacial score (nSPS) is 13.3. The number of carbonyl (C=O) groups is 2. The molecule has 3 amide bonds. The number of nitrogens with one attached hydrogen (secondary N) is 1. The number of rotatable bonds is 8. The summed E-state index contributed by atoms with van der Waals surface area (Å²) in [6, 6.07) is 10.3. The van der Waals surface area contributed by atoms with Crippen molar-refractivity contribution in [2.75, 3.05) is 58.3 Å². The van der Waals surface area contributed by atoms with Gasteiger partial charge >= 0.3 is 6.03 Å². The van der Waals surface area contributed by atoms with Crippen molar-refractivity contribution < 1.29 is 28.5 Å². The van der Waals surface area contributed by atoms with Gasteiger partial charge in [0.1, 0.15) is 12.3 Å². The summed E-state index contributed by atoms with van der Waals surface area (Å²) in [5.41, 5.74) is 1.24. The van der Waals surface area contributed by atoms with Crippen molar-refractivity contribution in [2.24, 2.45) is 0 Å². The molecular formula is C21H25N3O6. The van der Waals surface area contributed by atoms with Crippen LogP contribution >= 0.6 is 0 Å². The number of hydrogen-bond acceptors (Lipinski definition) is 6. The summed E-state index contributed by atoms with van der Waals surface area (Å²) in [4.78, 5) is 28.4. The molecule has 160 valence electrons. The number of anilines is 2. The van der Waals surface area contributed by atoms with Crippen LogP contribution in [0.5, 0.6) is 23.0 Å². The van der Waals surface area contributed by atoms with E-state index in [0.29, 0.717) is 41.8 Å². The summed E-state index contributed by atoms with van der Waals surface area (Å²) in [5.74, 6) is 1.68. The predicted molar refractivity (Wildman–Crippen MR) is 112 cm³/mol. The van der Waals surface area contributed by atoms with Crippen molar-refractivity contribution in [3.8, 4) is 23.0 Å². The van der Waals surface area contributed by atoms with Gasteiger partial charge in [0.2, 0.25) is 11.7 Å². The third-order valence-electron chi connectivity index (χ3n) is 4.76. The molecule has 1 N–H and O–H groups in total. The van der Waals surface area contributed by atoms with E-state index in [1.165, 1.54) is 26.2 Å². The summed E-state index contributed by atoms with van der Waals surface area (Å²) in [5, 5.41) is 2.78. The summed E-state index contributed by atoms with van der Waals surface area (Å²) < 4.78 is 21.0. The summed E-state index contributed by atoms with van der Waals surface area (Å²) in [7, 11) is 6.09. The van der Waals surface area contributed by atoms with E-state index < -0.39 is 0 Å². The second-order valence-corrected chi connectivity index (χ2v) is 6.52. The molecule has 0 aromatic heterocycles. The molecule has 1 aliphatic heterocycles. The van der Waals surface area contributed by atoms with E-state index in [1.807, 2.05) is 12.1 Å². The van der Waals surface area contributed by atoms with E-state index in [0.717, 1.165) is 5.69 Å². The second-order valence-electron chi connectivity index (χ2n) is 6.52. The fraction of sp³-hybridized carbons (Fsp3) is 0.333. The maximum atomic E-state index is 12.7. The van der Waals surface area contributed by atoms with Crippen LogP contribution in [0.25, 0.3) is 0 Å². The number of ether oxygens (including phenoxy) is 4. The molecule has 9 nitrogen and oxygen atoms in total. The van der Waals surface area contributed by atoms with Crippen molar-refractivity contribution in [1.82, 2.24) is 4.90 Å². The molecule has 30 heavy (non-hydrogen) atoms. The molecule has 9 heteroatoms. The Morgan fingerprint density at radius 1 is 0.933 bits per heavy atom. The predicted octanol–water partition coefficient (Wildman–Crippen LogP) is 2.60. The highest BCUT2D eigenvalue weighted by molar-refractivity contribution is 5.99. The molecule has 0 atom stereocenters. The molecule has 0 saturated carbocycles. The molecule has 1 saturated heterocycles. The fourth-order valence-corrected chi connectivity index (χ4v) is 3.26. The van der Waals surface area contributed by atoms with E-state index in [2.05, 4.69) is 5.32 Å². The maximum absolute atomic E-state index is 12.7. The van der Waals surface area contributed by atoms with Crippen LogP contribution in [0, 0.1) is 0 Å². The lowest BCUT2D eigenvalue weighted by molar-refractivity contribution is -0.116. The van der Waals surface area contributed by atoms with Gasteiger partial charge in [0, 0.05) is 36.6 Å². The number of hydrogen-bond donors (Lipinski definition) is 1. The highest BCUT2D eigenvalue weighted by Crippen LogP contribution is 2.39. The number of amides is 3. The van der Waals surface area contributed by atoms with E-state index in [1.54, 1.807) is 36.3 Å². The average molecular weight is 415 g/mol. The second kappa shape index (κ2) is 9.25. The van der Waals surface area contributed by atoms with Crippen LogP contribution in [0.4, 0.5) is 16.2 Å². The topological polar surface area (TPSA) is 89.6 Å². The Morgan fingerprint density at radius 3 is 2.10 bits per heavy atom. The number of methoxy groups -OCH3 is 4. The zero-order chi connectivity index (χ0) is 21.7. The standard InChI is InChI=1S/C21H25N3O6/c1-27-16-7-5-15(6-8-16)24-10-9-23(21(24)26)13-19(25)22-14-11-17(28-2)20(30-4)18(12-14)29-3/h5-8,11-12H,9-10,13H2,1-4H3,(H,22,25). The molecular weight excluding hydrogens is 390 g/mol. The third kappa shape index (κ3) is 4.35. The van der Waals surface area contributed by atoms with Gasteiger partial charge in [-0.05, 0) is 24.3 Å². The monoisotopic (exact) mass is 415 g/mol. The molecule has 3 rings (SSSR count). The molecule has 1 fully saturated rings. The molecule has 2 aromatic rings. The maximum Gasteiger partial charge on any atom is 0.325 e. The van der Waals surface area contributed by atoms with Crippen LogP contribution in [0.1, 0.15) is 0 Å². The third-order valence-corrected chi connectivity index (χ3v) is 4.76. The van der Waals surface area contributed by atoms with Crippen molar-refractivity contribution in [3.05, 3.63) is 36.4 Å². The van der Waals surface area contributed by atoms with Crippen LogP contribution in [0.3, 0.4) is 0 Å². The van der Waals surface area contributed by atoms with Crippen molar-refractivity contribution in [2.45, 2.75) is 0 Å². The molecule has 0 unspecified atom stereocenters. The Morgan fingerprint density at radius 2 is 1.57 bits per heavy atom. The Bertz CT molecular complexity index is 890. The van der Waals surface area contributed by atoms with Gasteiger partial charge in [0.05, 0.1) is 28.4 Å². The fourth-order valence-electron chi connectivity index (χ4n) is 3.26. The van der Waals surface area contributed by atoms with E-state index in [4.69, 9.17) is 18.9 Å². The minimum absolute atomic E-state index is 0.0673. The lowest BCUT2D eigenvalue weighted by Crippen LogP contribution is -2.37. The first-order valence-electron chi connectivity index (χ1n) is 9.31. The van der Waals surface area contributed by atoms with Crippen LogP contribution in [0.2, 0.25) is 0 Å². The highest BCUT2D eigenvalue weighted by Gasteiger charge is 2.31. The first kappa shape index (κ1) is 21.1. The van der Waals surface area contributed by atoms with Gasteiger partial charge in [0.15, 0.2) is 11.5 Å². The summed E-state index contributed by atoms with van der Waals surface area (Å²) in [6.07, 6.45) is 0. The lowest BCUT2D eigenvalue weighted by atomic mass is 10.2. The van der Waals surface area contributed by atoms with Gasteiger partial charge < -0.3 is 29.2 Å². The average Bonchev–Trinajstić information content (AvgIpc) is 3.12. The van der Waals surface area contributed by atoms with Crippen LogP contribution in [0.15, 0.2) is 36.4 Å². The minimum atomic E-state index is -0.325. The number of benzene rings is 2. The highest BCUT2D eigenvalue weighted by atomic mass is 16.5. The Balaban J connectivity index is 1.66. The van der Waals surface area contributed by atoms with Crippen LogP contribution in [-0.2, 0) is 4.79 Å². The lowest BCUT2D eigenvalue weighted by Gasteiger charge is -2.19. The van der Waals surface area contributed by atoms with E-state index in [-0.39, 0.29) is 18.5 Å². The Labute approximate surface area is 175 Å². The number of nitrogens with zero attached hydrogens (tertiary/aromatic N) is 2. The molecule has 0 radical (unpaired) electrons. The first-order chi connectivity index (χ1) is 14.5. The Hall–Kier alpha value is -3.62. The zero-order valence-corrected chi connectivity index (χ0v) is 17.4. The van der Waals surface area contributed by atoms with Gasteiger partial charge in [-0.3, -0.25) is 9.69 Å².